The van der Waals surface area contributed by atoms with Gasteiger partial charge in [-0.15, -0.1) is 0 Å². The van der Waals surface area contributed by atoms with Crippen LogP contribution < -0.4 is 0 Å². The molecule has 1 aromatic rings. The summed E-state index contributed by atoms with van der Waals surface area (Å²) < 4.78 is 48.0. The zero-order valence-electron chi connectivity index (χ0n) is 5.19. The van der Waals surface area contributed by atoms with E-state index >= 15 is 0 Å². The number of halogens is 4. The summed E-state index contributed by atoms with van der Waals surface area (Å²) in [7, 11) is 0. The Balaban J connectivity index is 3.17. The number of aromatic nitrogens is 1. The predicted octanol–water partition coefficient (Wildman–Crippen LogP) is 2.30. The van der Waals surface area contributed by atoms with E-state index in [1.54, 1.807) is 0 Å². The second kappa shape index (κ2) is 2.86. The molecule has 0 aromatic carbocycles. The molecule has 5 heteroatoms. The van der Waals surface area contributed by atoms with Gasteiger partial charge >= 0.3 is 0 Å². The first kappa shape index (κ1) is 7.97. The summed E-state index contributed by atoms with van der Waals surface area (Å²) in [5.41, 5.74) is -1.01. The quantitative estimate of drug-likeness (QED) is 0.582. The number of rotatable bonds is 1. The third kappa shape index (κ3) is 1.47. The van der Waals surface area contributed by atoms with E-state index in [2.05, 4.69) is 4.98 Å². The molecule has 0 radical (unpaired) electrons. The van der Waals surface area contributed by atoms with E-state index in [-0.39, 0.29) is 0 Å². The minimum Gasteiger partial charge on any atom is -0.261 e. The molecule has 0 saturated carbocycles. The lowest BCUT2D eigenvalue weighted by molar-refractivity contribution is 0.144. The molecule has 0 bridgehead atoms. The van der Waals surface area contributed by atoms with Crippen LogP contribution in [0.1, 0.15) is 12.0 Å². The van der Waals surface area contributed by atoms with Crippen molar-refractivity contribution in [2.24, 2.45) is 0 Å². The smallest absolute Gasteiger partial charge is 0.261 e. The summed E-state index contributed by atoms with van der Waals surface area (Å²) in [6.45, 7) is 0. The minimum atomic E-state index is -3.03. The number of nitrogens with zero attached hydrogens (tertiary/aromatic N) is 1. The third-order valence-corrected chi connectivity index (χ3v) is 1.10. The fourth-order valence-corrected chi connectivity index (χ4v) is 0.586. The SMILES string of the molecule is Fc1cncc(C(F)F)c1F. The lowest BCUT2D eigenvalue weighted by Crippen LogP contribution is -1.95. The van der Waals surface area contributed by atoms with Crippen LogP contribution in [0, 0.1) is 11.6 Å². The summed E-state index contributed by atoms with van der Waals surface area (Å²) in [6, 6.07) is 0. The van der Waals surface area contributed by atoms with E-state index in [4.69, 9.17) is 0 Å². The molecule has 1 aromatic heterocycles. The van der Waals surface area contributed by atoms with Crippen LogP contribution >= 0.6 is 0 Å². The van der Waals surface area contributed by atoms with Gasteiger partial charge in [-0.1, -0.05) is 0 Å². The van der Waals surface area contributed by atoms with Crippen LogP contribution in [0.25, 0.3) is 0 Å². The molecule has 0 N–H and O–H groups in total. The van der Waals surface area contributed by atoms with Crippen molar-refractivity contribution in [1.29, 1.82) is 0 Å². The average Bonchev–Trinajstić information content (AvgIpc) is 1.94. The van der Waals surface area contributed by atoms with E-state index in [0.717, 1.165) is 0 Å². The van der Waals surface area contributed by atoms with Crippen LogP contribution in [0.4, 0.5) is 17.6 Å². The highest BCUT2D eigenvalue weighted by Crippen LogP contribution is 2.21. The molecule has 60 valence electrons. The molecule has 0 aliphatic rings. The Labute approximate surface area is 59.7 Å². The van der Waals surface area contributed by atoms with Gasteiger partial charge < -0.3 is 0 Å². The van der Waals surface area contributed by atoms with Gasteiger partial charge in [-0.05, 0) is 0 Å². The van der Waals surface area contributed by atoms with Crippen LogP contribution in [0.5, 0.6) is 0 Å². The van der Waals surface area contributed by atoms with E-state index in [9.17, 15) is 17.6 Å². The highest BCUT2D eigenvalue weighted by atomic mass is 19.3. The van der Waals surface area contributed by atoms with Gasteiger partial charge in [0.05, 0.1) is 11.8 Å². The van der Waals surface area contributed by atoms with Crippen LogP contribution in [0.2, 0.25) is 0 Å². The molecular formula is C6H3F4N. The van der Waals surface area contributed by atoms with Crippen molar-refractivity contribution >= 4 is 0 Å². The fourth-order valence-electron chi connectivity index (χ4n) is 0.586. The molecule has 0 spiro atoms. The lowest BCUT2D eigenvalue weighted by Gasteiger charge is -1.99. The number of hydrogen-bond acceptors (Lipinski definition) is 1. The molecule has 1 nitrogen and oxygen atoms in total. The zero-order chi connectivity index (χ0) is 8.43. The summed E-state index contributed by atoms with van der Waals surface area (Å²) in [6.07, 6.45) is -1.89. The van der Waals surface area contributed by atoms with Crippen LogP contribution in [-0.4, -0.2) is 4.98 Å². The summed E-state index contributed by atoms with van der Waals surface area (Å²) in [4.78, 5) is 3.07. The Kier molecular flexibility index (Phi) is 2.07. The molecule has 0 unspecified atom stereocenters. The first-order chi connectivity index (χ1) is 5.13. The zero-order valence-corrected chi connectivity index (χ0v) is 5.19. The fraction of sp³-hybridized carbons (Fsp3) is 0.167. The van der Waals surface area contributed by atoms with E-state index in [1.165, 1.54) is 0 Å². The number of hydrogen-bond donors (Lipinski definition) is 0. The largest absolute Gasteiger partial charge is 0.268 e. The standard InChI is InChI=1S/C6H3F4N/c7-4-2-11-1-3(5(4)8)6(9)10/h1-2,6H. The number of pyridine rings is 1. The van der Waals surface area contributed by atoms with E-state index in [0.29, 0.717) is 12.4 Å². The van der Waals surface area contributed by atoms with Crippen molar-refractivity contribution in [3.8, 4) is 0 Å². The van der Waals surface area contributed by atoms with Gasteiger partial charge in [-0.2, -0.15) is 0 Å². The normalized spacial score (nSPS) is 10.6. The average molecular weight is 165 g/mol. The van der Waals surface area contributed by atoms with Gasteiger partial charge in [0, 0.05) is 6.20 Å². The van der Waals surface area contributed by atoms with Gasteiger partial charge in [-0.25, -0.2) is 17.6 Å². The Morgan fingerprint density at radius 3 is 2.27 bits per heavy atom. The topological polar surface area (TPSA) is 12.9 Å². The Bertz CT molecular complexity index is 261. The molecule has 1 heterocycles. The molecular weight excluding hydrogens is 162 g/mol. The van der Waals surface area contributed by atoms with Crippen LogP contribution in [0.3, 0.4) is 0 Å². The molecule has 0 aliphatic heterocycles. The highest BCUT2D eigenvalue weighted by Gasteiger charge is 2.16. The van der Waals surface area contributed by atoms with Crippen molar-refractivity contribution in [2.75, 3.05) is 0 Å². The van der Waals surface area contributed by atoms with Gasteiger partial charge in [0.15, 0.2) is 11.6 Å². The minimum absolute atomic E-state index is 0.543. The maximum Gasteiger partial charge on any atom is 0.268 e. The molecule has 0 amide bonds. The first-order valence-electron chi connectivity index (χ1n) is 2.70. The Morgan fingerprint density at radius 2 is 1.82 bits per heavy atom. The summed E-state index contributed by atoms with van der Waals surface area (Å²) in [5.74, 6) is -2.89. The molecule has 0 aliphatic carbocycles. The van der Waals surface area contributed by atoms with Crippen molar-refractivity contribution in [3.05, 3.63) is 29.6 Å². The molecule has 11 heavy (non-hydrogen) atoms. The van der Waals surface area contributed by atoms with Crippen LogP contribution in [-0.2, 0) is 0 Å². The van der Waals surface area contributed by atoms with Crippen molar-refractivity contribution in [1.82, 2.24) is 4.98 Å². The van der Waals surface area contributed by atoms with E-state index in [1.807, 2.05) is 0 Å². The molecule has 0 fully saturated rings. The van der Waals surface area contributed by atoms with Crippen molar-refractivity contribution in [2.45, 2.75) is 6.43 Å². The number of alkyl halides is 2. The first-order valence-corrected chi connectivity index (χ1v) is 2.70. The second-order valence-electron chi connectivity index (χ2n) is 1.83. The van der Waals surface area contributed by atoms with Crippen molar-refractivity contribution < 1.29 is 17.6 Å². The van der Waals surface area contributed by atoms with Gasteiger partial charge in [0.1, 0.15) is 0 Å². The van der Waals surface area contributed by atoms with Gasteiger partial charge in [0.2, 0.25) is 0 Å². The van der Waals surface area contributed by atoms with E-state index < -0.39 is 23.6 Å². The van der Waals surface area contributed by atoms with Crippen LogP contribution in [0.15, 0.2) is 12.4 Å². The maximum atomic E-state index is 12.4. The highest BCUT2D eigenvalue weighted by molar-refractivity contribution is 5.14. The third-order valence-electron chi connectivity index (χ3n) is 1.10. The second-order valence-corrected chi connectivity index (χ2v) is 1.83. The van der Waals surface area contributed by atoms with Gasteiger partial charge in [0.25, 0.3) is 6.43 Å². The predicted molar refractivity (Wildman–Crippen MR) is 29.1 cm³/mol. The lowest BCUT2D eigenvalue weighted by atomic mass is 10.3. The Hall–Kier alpha value is -1.13. The maximum absolute atomic E-state index is 12.4. The molecule has 0 saturated heterocycles. The monoisotopic (exact) mass is 165 g/mol. The Morgan fingerprint density at radius 1 is 1.18 bits per heavy atom. The molecule has 0 atom stereocenters. The van der Waals surface area contributed by atoms with Crippen molar-refractivity contribution in [3.63, 3.8) is 0 Å². The summed E-state index contributed by atoms with van der Waals surface area (Å²) in [5, 5.41) is 0. The summed E-state index contributed by atoms with van der Waals surface area (Å²) >= 11 is 0. The van der Waals surface area contributed by atoms with Gasteiger partial charge in [-0.3, -0.25) is 4.98 Å². The molecule has 1 rings (SSSR count).